The van der Waals surface area contributed by atoms with Gasteiger partial charge in [-0.3, -0.25) is 4.79 Å². The van der Waals surface area contributed by atoms with Crippen LogP contribution in [0.1, 0.15) is 26.7 Å². The minimum atomic E-state index is -0.202. The van der Waals surface area contributed by atoms with Crippen molar-refractivity contribution in [2.24, 2.45) is 5.92 Å². The third kappa shape index (κ3) is 2.56. The standard InChI is InChI=1S/C11H20N2O2/c1-8(2)10(12-3)11(15)13-6-4-5-9(13)7-14/h7-10,12H,4-6H2,1-3H3/t9?,10-/m0/s1. The SMILES string of the molecule is CN[C@H](C(=O)N1CCCC1C=O)C(C)C. The quantitative estimate of drug-likeness (QED) is 0.687. The van der Waals surface area contributed by atoms with Crippen molar-refractivity contribution in [2.45, 2.75) is 38.8 Å². The minimum absolute atomic E-state index is 0.0575. The van der Waals surface area contributed by atoms with E-state index >= 15 is 0 Å². The number of nitrogens with zero attached hydrogens (tertiary/aromatic N) is 1. The number of rotatable bonds is 4. The zero-order chi connectivity index (χ0) is 11.4. The van der Waals surface area contributed by atoms with E-state index in [4.69, 9.17) is 0 Å². The highest BCUT2D eigenvalue weighted by Crippen LogP contribution is 2.18. The average molecular weight is 212 g/mol. The fraction of sp³-hybridized carbons (Fsp3) is 0.818. The number of likely N-dealkylation sites (tertiary alicyclic amines) is 1. The number of nitrogens with one attached hydrogen (secondary N) is 1. The fourth-order valence-electron chi connectivity index (χ4n) is 2.13. The van der Waals surface area contributed by atoms with E-state index in [9.17, 15) is 9.59 Å². The molecule has 86 valence electrons. The summed E-state index contributed by atoms with van der Waals surface area (Å²) in [5.41, 5.74) is 0. The molecular weight excluding hydrogens is 192 g/mol. The highest BCUT2D eigenvalue weighted by atomic mass is 16.2. The second-order valence-electron chi connectivity index (χ2n) is 4.39. The Labute approximate surface area is 91.0 Å². The maximum absolute atomic E-state index is 12.1. The van der Waals surface area contributed by atoms with Crippen molar-refractivity contribution in [1.29, 1.82) is 0 Å². The molecule has 1 heterocycles. The number of aldehydes is 1. The van der Waals surface area contributed by atoms with Gasteiger partial charge in [-0.15, -0.1) is 0 Å². The van der Waals surface area contributed by atoms with Gasteiger partial charge in [-0.2, -0.15) is 0 Å². The molecule has 1 amide bonds. The molecule has 0 aliphatic carbocycles. The molecule has 2 atom stereocenters. The van der Waals surface area contributed by atoms with E-state index in [1.165, 1.54) is 0 Å². The second kappa shape index (κ2) is 5.26. The molecule has 0 saturated carbocycles. The van der Waals surface area contributed by atoms with Crippen LogP contribution in [-0.4, -0.2) is 42.8 Å². The lowest BCUT2D eigenvalue weighted by Crippen LogP contribution is -2.50. The van der Waals surface area contributed by atoms with Crippen LogP contribution in [0.2, 0.25) is 0 Å². The van der Waals surface area contributed by atoms with Gasteiger partial charge >= 0.3 is 0 Å². The van der Waals surface area contributed by atoms with E-state index in [2.05, 4.69) is 5.32 Å². The maximum Gasteiger partial charge on any atom is 0.240 e. The lowest BCUT2D eigenvalue weighted by atomic mass is 10.0. The maximum atomic E-state index is 12.1. The number of carbonyl (C=O) groups is 2. The second-order valence-corrected chi connectivity index (χ2v) is 4.39. The van der Waals surface area contributed by atoms with E-state index < -0.39 is 0 Å². The predicted molar refractivity (Wildman–Crippen MR) is 58.5 cm³/mol. The van der Waals surface area contributed by atoms with Gasteiger partial charge in [0.05, 0.1) is 12.1 Å². The van der Waals surface area contributed by atoms with E-state index in [1.54, 1.807) is 11.9 Å². The largest absolute Gasteiger partial charge is 0.332 e. The van der Waals surface area contributed by atoms with Gasteiger partial charge in [-0.05, 0) is 25.8 Å². The number of carbonyl (C=O) groups excluding carboxylic acids is 2. The predicted octanol–water partition coefficient (Wildman–Crippen LogP) is 0.420. The van der Waals surface area contributed by atoms with Crippen LogP contribution in [0.3, 0.4) is 0 Å². The summed E-state index contributed by atoms with van der Waals surface area (Å²) >= 11 is 0. The molecule has 0 aromatic carbocycles. The molecule has 1 aliphatic heterocycles. The summed E-state index contributed by atoms with van der Waals surface area (Å²) < 4.78 is 0. The monoisotopic (exact) mass is 212 g/mol. The van der Waals surface area contributed by atoms with Crippen molar-refractivity contribution in [3.8, 4) is 0 Å². The molecule has 0 aromatic heterocycles. The summed E-state index contributed by atoms with van der Waals surface area (Å²) in [6.07, 6.45) is 2.63. The van der Waals surface area contributed by atoms with Gasteiger partial charge in [-0.25, -0.2) is 0 Å². The van der Waals surface area contributed by atoms with Gasteiger partial charge in [0.25, 0.3) is 0 Å². The van der Waals surface area contributed by atoms with Crippen LogP contribution < -0.4 is 5.32 Å². The van der Waals surface area contributed by atoms with Gasteiger partial charge in [0, 0.05) is 6.54 Å². The van der Waals surface area contributed by atoms with Crippen molar-refractivity contribution in [3.63, 3.8) is 0 Å². The van der Waals surface area contributed by atoms with Crippen molar-refractivity contribution in [2.75, 3.05) is 13.6 Å². The van der Waals surface area contributed by atoms with Crippen molar-refractivity contribution in [1.82, 2.24) is 10.2 Å². The molecular formula is C11H20N2O2. The zero-order valence-electron chi connectivity index (χ0n) is 9.69. The van der Waals surface area contributed by atoms with Crippen molar-refractivity contribution in [3.05, 3.63) is 0 Å². The molecule has 0 aromatic rings. The average Bonchev–Trinajstić information content (AvgIpc) is 2.65. The number of likely N-dealkylation sites (N-methyl/N-ethyl adjacent to an activating group) is 1. The number of amides is 1. The summed E-state index contributed by atoms with van der Waals surface area (Å²) in [5.74, 6) is 0.303. The smallest absolute Gasteiger partial charge is 0.240 e. The summed E-state index contributed by atoms with van der Waals surface area (Å²) in [6.45, 7) is 4.73. The van der Waals surface area contributed by atoms with Gasteiger partial charge in [-0.1, -0.05) is 13.8 Å². The van der Waals surface area contributed by atoms with Crippen LogP contribution in [0.5, 0.6) is 0 Å². The Kier molecular flexibility index (Phi) is 4.27. The third-order valence-electron chi connectivity index (χ3n) is 2.98. The molecule has 4 nitrogen and oxygen atoms in total. The lowest BCUT2D eigenvalue weighted by molar-refractivity contribution is -0.137. The van der Waals surface area contributed by atoms with E-state index in [-0.39, 0.29) is 23.9 Å². The topological polar surface area (TPSA) is 49.4 Å². The molecule has 0 spiro atoms. The molecule has 1 N–H and O–H groups in total. The van der Waals surface area contributed by atoms with E-state index in [0.717, 1.165) is 19.1 Å². The Morgan fingerprint density at radius 2 is 2.20 bits per heavy atom. The summed E-state index contributed by atoms with van der Waals surface area (Å²) in [7, 11) is 1.79. The molecule has 1 saturated heterocycles. The molecule has 1 unspecified atom stereocenters. The highest BCUT2D eigenvalue weighted by molar-refractivity contribution is 5.85. The Hall–Kier alpha value is -0.900. The van der Waals surface area contributed by atoms with Gasteiger partial charge in [0.1, 0.15) is 6.29 Å². The molecule has 4 heteroatoms. The summed E-state index contributed by atoms with van der Waals surface area (Å²) in [4.78, 5) is 24.6. The van der Waals surface area contributed by atoms with Gasteiger partial charge < -0.3 is 15.0 Å². The Morgan fingerprint density at radius 3 is 2.67 bits per heavy atom. The Bertz CT molecular complexity index is 241. The summed E-state index contributed by atoms with van der Waals surface area (Å²) in [6, 6.07) is -0.377. The van der Waals surface area contributed by atoms with Crippen molar-refractivity contribution < 1.29 is 9.59 Å². The Balaban J connectivity index is 2.69. The normalized spacial score (nSPS) is 23.2. The van der Waals surface area contributed by atoms with Crippen LogP contribution in [0.4, 0.5) is 0 Å². The molecule has 1 fully saturated rings. The van der Waals surface area contributed by atoms with Gasteiger partial charge in [0.15, 0.2) is 0 Å². The molecule has 0 bridgehead atoms. The van der Waals surface area contributed by atoms with Crippen LogP contribution in [-0.2, 0) is 9.59 Å². The minimum Gasteiger partial charge on any atom is -0.332 e. The first kappa shape index (κ1) is 12.2. The zero-order valence-corrected chi connectivity index (χ0v) is 9.69. The van der Waals surface area contributed by atoms with E-state index in [1.807, 2.05) is 13.8 Å². The molecule has 0 radical (unpaired) electrons. The molecule has 1 rings (SSSR count). The van der Waals surface area contributed by atoms with E-state index in [0.29, 0.717) is 6.54 Å². The first-order valence-corrected chi connectivity index (χ1v) is 5.54. The summed E-state index contributed by atoms with van der Waals surface area (Å²) in [5, 5.41) is 3.02. The lowest BCUT2D eigenvalue weighted by Gasteiger charge is -2.27. The van der Waals surface area contributed by atoms with Crippen LogP contribution in [0.25, 0.3) is 0 Å². The van der Waals surface area contributed by atoms with Crippen LogP contribution in [0, 0.1) is 5.92 Å². The number of hydrogen-bond donors (Lipinski definition) is 1. The molecule has 1 aliphatic rings. The Morgan fingerprint density at radius 1 is 1.53 bits per heavy atom. The first-order valence-electron chi connectivity index (χ1n) is 5.54. The fourth-order valence-corrected chi connectivity index (χ4v) is 2.13. The third-order valence-corrected chi connectivity index (χ3v) is 2.98. The first-order chi connectivity index (χ1) is 7.11. The van der Waals surface area contributed by atoms with Gasteiger partial charge in [0.2, 0.25) is 5.91 Å². The van der Waals surface area contributed by atoms with Crippen LogP contribution in [0.15, 0.2) is 0 Å². The van der Waals surface area contributed by atoms with Crippen LogP contribution >= 0.6 is 0 Å². The highest BCUT2D eigenvalue weighted by Gasteiger charge is 2.33. The molecule has 15 heavy (non-hydrogen) atoms. The van der Waals surface area contributed by atoms with Crippen molar-refractivity contribution >= 4 is 12.2 Å². The number of hydrogen-bond acceptors (Lipinski definition) is 3.